The summed E-state index contributed by atoms with van der Waals surface area (Å²) in [5.41, 5.74) is 0. The highest BCUT2D eigenvalue weighted by atomic mass is 79.9. The second kappa shape index (κ2) is 2.65. The van der Waals surface area contributed by atoms with Gasteiger partial charge in [0.25, 0.3) is 0 Å². The lowest BCUT2D eigenvalue weighted by atomic mass is 10.2. The molecule has 1 aromatic carbocycles. The van der Waals surface area contributed by atoms with Crippen molar-refractivity contribution in [1.29, 1.82) is 5.26 Å². The van der Waals surface area contributed by atoms with Crippen molar-refractivity contribution >= 4 is 26.7 Å². The van der Waals surface area contributed by atoms with E-state index in [9.17, 15) is 0 Å². The van der Waals surface area contributed by atoms with Gasteiger partial charge in [-0.2, -0.15) is 5.26 Å². The van der Waals surface area contributed by atoms with Crippen LogP contribution in [0.15, 0.2) is 35.1 Å². The van der Waals surface area contributed by atoms with Gasteiger partial charge in [0.1, 0.15) is 0 Å². The van der Waals surface area contributed by atoms with Gasteiger partial charge in [-0.05, 0) is 12.1 Å². The van der Waals surface area contributed by atoms with Gasteiger partial charge < -0.3 is 0 Å². The van der Waals surface area contributed by atoms with E-state index in [2.05, 4.69) is 15.9 Å². The highest BCUT2D eigenvalue weighted by molar-refractivity contribution is 9.10. The molecule has 58 valence electrons. The maximum atomic E-state index is 8.61. The number of rotatable bonds is 0. The largest absolute Gasteiger partial charge is 0.261 e. The van der Waals surface area contributed by atoms with Crippen molar-refractivity contribution in [3.05, 3.63) is 35.1 Å². The van der Waals surface area contributed by atoms with E-state index >= 15 is 0 Å². The molecular formula is C9H5BrN2. The van der Waals surface area contributed by atoms with Gasteiger partial charge in [0.15, 0.2) is 6.19 Å². The third-order valence-corrected chi connectivity index (χ3v) is 2.21. The molecule has 3 heteroatoms. The quantitative estimate of drug-likeness (QED) is 0.672. The first kappa shape index (κ1) is 7.38. The van der Waals surface area contributed by atoms with Crippen molar-refractivity contribution in [2.75, 3.05) is 0 Å². The Bertz CT molecular complexity index is 465. The fourth-order valence-electron chi connectivity index (χ4n) is 1.17. The molecule has 12 heavy (non-hydrogen) atoms. The number of aromatic nitrogens is 1. The van der Waals surface area contributed by atoms with Gasteiger partial charge in [0, 0.05) is 27.6 Å². The van der Waals surface area contributed by atoms with Gasteiger partial charge in [0.2, 0.25) is 0 Å². The van der Waals surface area contributed by atoms with Crippen molar-refractivity contribution in [2.45, 2.75) is 0 Å². The van der Waals surface area contributed by atoms with Gasteiger partial charge in [-0.1, -0.05) is 22.0 Å². The first-order chi connectivity index (χ1) is 5.79. The van der Waals surface area contributed by atoms with Crippen molar-refractivity contribution in [2.24, 2.45) is 0 Å². The molecule has 2 rings (SSSR count). The van der Waals surface area contributed by atoms with Gasteiger partial charge >= 0.3 is 0 Å². The lowest BCUT2D eigenvalue weighted by molar-refractivity contribution is 1.11. The standard InChI is InChI=1S/C9H5BrN2/c10-9-2-1-7-4-12(6-11)5-8(7)3-9/h1-5H. The van der Waals surface area contributed by atoms with Crippen LogP contribution in [0, 0.1) is 11.5 Å². The summed E-state index contributed by atoms with van der Waals surface area (Å²) in [4.78, 5) is 0. The van der Waals surface area contributed by atoms with Crippen LogP contribution in [0.4, 0.5) is 0 Å². The number of hydrogen-bond donors (Lipinski definition) is 0. The Labute approximate surface area is 78.2 Å². The smallest absolute Gasteiger partial charge is 0.188 e. The molecule has 0 radical (unpaired) electrons. The third-order valence-electron chi connectivity index (χ3n) is 1.72. The van der Waals surface area contributed by atoms with Crippen LogP contribution in [-0.4, -0.2) is 4.57 Å². The summed E-state index contributed by atoms with van der Waals surface area (Å²) < 4.78 is 2.53. The molecule has 0 saturated heterocycles. The highest BCUT2D eigenvalue weighted by Gasteiger charge is 1.97. The summed E-state index contributed by atoms with van der Waals surface area (Å²) in [5.74, 6) is 0. The monoisotopic (exact) mass is 220 g/mol. The first-order valence-corrected chi connectivity index (χ1v) is 4.26. The Morgan fingerprint density at radius 2 is 2.00 bits per heavy atom. The Morgan fingerprint density at radius 1 is 1.25 bits per heavy atom. The van der Waals surface area contributed by atoms with Crippen LogP contribution in [0.5, 0.6) is 0 Å². The van der Waals surface area contributed by atoms with Crippen LogP contribution in [0.2, 0.25) is 0 Å². The second-order valence-corrected chi connectivity index (χ2v) is 3.45. The highest BCUT2D eigenvalue weighted by Crippen LogP contribution is 2.19. The van der Waals surface area contributed by atoms with E-state index in [1.807, 2.05) is 30.6 Å². The van der Waals surface area contributed by atoms with Crippen LogP contribution < -0.4 is 0 Å². The van der Waals surface area contributed by atoms with E-state index < -0.39 is 0 Å². The molecule has 0 saturated carbocycles. The van der Waals surface area contributed by atoms with Gasteiger partial charge in [-0.3, -0.25) is 4.57 Å². The number of fused-ring (bicyclic) bond motifs is 1. The summed E-state index contributed by atoms with van der Waals surface area (Å²) in [6.07, 6.45) is 5.65. The fraction of sp³-hybridized carbons (Fsp3) is 0. The molecule has 0 aliphatic rings. The predicted molar refractivity (Wildman–Crippen MR) is 50.6 cm³/mol. The average molecular weight is 221 g/mol. The lowest BCUT2D eigenvalue weighted by Gasteiger charge is -1.88. The SMILES string of the molecule is N#Cn1cc2ccc(Br)cc2c1. The summed E-state index contributed by atoms with van der Waals surface area (Å²) in [6, 6.07) is 5.93. The number of benzene rings is 1. The van der Waals surface area contributed by atoms with E-state index in [0.29, 0.717) is 0 Å². The molecular weight excluding hydrogens is 216 g/mol. The van der Waals surface area contributed by atoms with E-state index in [4.69, 9.17) is 5.26 Å². The summed E-state index contributed by atoms with van der Waals surface area (Å²) >= 11 is 3.37. The molecule has 0 aliphatic heterocycles. The van der Waals surface area contributed by atoms with Crippen LogP contribution in [0.25, 0.3) is 10.8 Å². The number of hydrogen-bond acceptors (Lipinski definition) is 1. The molecule has 1 heterocycles. The minimum Gasteiger partial charge on any atom is -0.261 e. The zero-order chi connectivity index (χ0) is 8.55. The lowest BCUT2D eigenvalue weighted by Crippen LogP contribution is -1.76. The van der Waals surface area contributed by atoms with Crippen LogP contribution in [0.1, 0.15) is 0 Å². The number of halogens is 1. The molecule has 0 N–H and O–H groups in total. The topological polar surface area (TPSA) is 28.7 Å². The fourth-order valence-corrected chi connectivity index (χ4v) is 1.55. The molecule has 0 amide bonds. The zero-order valence-corrected chi connectivity index (χ0v) is 7.75. The van der Waals surface area contributed by atoms with Crippen LogP contribution in [-0.2, 0) is 0 Å². The van der Waals surface area contributed by atoms with E-state index in [1.54, 1.807) is 6.20 Å². The summed E-state index contributed by atoms with van der Waals surface area (Å²) in [7, 11) is 0. The number of nitriles is 1. The third kappa shape index (κ3) is 1.10. The summed E-state index contributed by atoms with van der Waals surface area (Å²) in [5, 5.41) is 10.8. The molecule has 2 aromatic rings. The minimum absolute atomic E-state index is 1.03. The normalized spacial score (nSPS) is 10.0. The Kier molecular flexibility index (Phi) is 1.63. The van der Waals surface area contributed by atoms with Crippen LogP contribution in [0.3, 0.4) is 0 Å². The molecule has 2 nitrogen and oxygen atoms in total. The van der Waals surface area contributed by atoms with Gasteiger partial charge in [-0.15, -0.1) is 0 Å². The van der Waals surface area contributed by atoms with Crippen molar-refractivity contribution < 1.29 is 0 Å². The van der Waals surface area contributed by atoms with E-state index in [1.165, 1.54) is 4.57 Å². The molecule has 0 unspecified atom stereocenters. The molecule has 0 aliphatic carbocycles. The molecule has 0 fully saturated rings. The maximum absolute atomic E-state index is 8.61. The Hall–Kier alpha value is -1.27. The Balaban J connectivity index is 2.77. The van der Waals surface area contributed by atoms with E-state index in [0.717, 1.165) is 15.2 Å². The minimum atomic E-state index is 1.03. The molecule has 0 atom stereocenters. The van der Waals surface area contributed by atoms with Gasteiger partial charge in [0.05, 0.1) is 0 Å². The molecule has 0 bridgehead atoms. The average Bonchev–Trinajstić information content (AvgIpc) is 2.46. The predicted octanol–water partition coefficient (Wildman–Crippen LogP) is 2.73. The van der Waals surface area contributed by atoms with Crippen molar-refractivity contribution in [3.63, 3.8) is 0 Å². The van der Waals surface area contributed by atoms with Gasteiger partial charge in [-0.25, -0.2) is 0 Å². The first-order valence-electron chi connectivity index (χ1n) is 3.47. The van der Waals surface area contributed by atoms with E-state index in [-0.39, 0.29) is 0 Å². The Morgan fingerprint density at radius 3 is 2.75 bits per heavy atom. The maximum Gasteiger partial charge on any atom is 0.188 e. The van der Waals surface area contributed by atoms with Crippen LogP contribution >= 0.6 is 15.9 Å². The number of nitrogens with zero attached hydrogens (tertiary/aromatic N) is 2. The van der Waals surface area contributed by atoms with Crippen molar-refractivity contribution in [1.82, 2.24) is 4.57 Å². The summed E-state index contributed by atoms with van der Waals surface area (Å²) in [6.45, 7) is 0. The molecule has 1 aromatic heterocycles. The van der Waals surface area contributed by atoms with Crippen molar-refractivity contribution in [3.8, 4) is 6.19 Å². The zero-order valence-electron chi connectivity index (χ0n) is 6.16. The molecule has 0 spiro atoms. The second-order valence-electron chi connectivity index (χ2n) is 2.54.